The number of anilines is 2. The maximum Gasteiger partial charge on any atom is 0.341 e. The molecule has 2 aromatic carbocycles. The van der Waals surface area contributed by atoms with Gasteiger partial charge in [0.25, 0.3) is 10.0 Å². The Morgan fingerprint density at radius 1 is 0.973 bits per heavy atom. The number of hydrogen-bond donors (Lipinski definition) is 1. The number of aryl methyl sites for hydroxylation is 1. The first-order valence-corrected chi connectivity index (χ1v) is 13.9. The molecule has 4 rings (SSSR count). The Morgan fingerprint density at radius 3 is 2.35 bits per heavy atom. The summed E-state index contributed by atoms with van der Waals surface area (Å²) in [7, 11) is 0.0831. The maximum absolute atomic E-state index is 13.7. The topological polar surface area (TPSA) is 111 Å². The molecule has 0 saturated carbocycles. The quantitative estimate of drug-likeness (QED) is 0.401. The number of carbonyl (C=O) groups is 2. The number of rotatable bonds is 9. The number of nitrogens with one attached hydrogen (secondary N) is 1. The van der Waals surface area contributed by atoms with Gasteiger partial charge in [-0.2, -0.15) is 0 Å². The van der Waals surface area contributed by atoms with Crippen molar-refractivity contribution in [2.75, 3.05) is 37.5 Å². The number of thiophene rings is 1. The van der Waals surface area contributed by atoms with E-state index in [0.717, 1.165) is 40.4 Å². The molecule has 9 nitrogen and oxygen atoms in total. The number of methoxy groups -OCH3 is 3. The van der Waals surface area contributed by atoms with E-state index < -0.39 is 28.4 Å². The van der Waals surface area contributed by atoms with Crippen LogP contribution in [0, 0.1) is 0 Å². The summed E-state index contributed by atoms with van der Waals surface area (Å²) in [5.74, 6) is -0.395. The number of amides is 1. The van der Waals surface area contributed by atoms with Crippen molar-refractivity contribution in [2.45, 2.75) is 30.6 Å². The van der Waals surface area contributed by atoms with Crippen molar-refractivity contribution in [3.05, 3.63) is 64.5 Å². The van der Waals surface area contributed by atoms with Crippen molar-refractivity contribution < 1.29 is 32.2 Å². The van der Waals surface area contributed by atoms with Gasteiger partial charge >= 0.3 is 5.97 Å². The standard InChI is InChI=1S/C26H28N2O7S2/c1-33-20-14-13-17(15-21(20)34-2)28(37(31,32)18-9-5-4-6-10-18)16-23(29)27-25-24(26(30)35-3)19-11-7-8-12-22(19)36-25/h4-6,9-10,13-15H,7-8,11-12,16H2,1-3H3,(H,27,29). The van der Waals surface area contributed by atoms with Crippen molar-refractivity contribution in [1.82, 2.24) is 0 Å². The van der Waals surface area contributed by atoms with E-state index in [9.17, 15) is 18.0 Å². The summed E-state index contributed by atoms with van der Waals surface area (Å²) in [5, 5.41) is 3.14. The molecule has 0 fully saturated rings. The molecule has 1 aromatic heterocycles. The highest BCUT2D eigenvalue weighted by molar-refractivity contribution is 7.92. The second kappa shape index (κ2) is 11.2. The van der Waals surface area contributed by atoms with Crippen molar-refractivity contribution in [2.24, 2.45) is 0 Å². The molecule has 1 amide bonds. The van der Waals surface area contributed by atoms with Gasteiger partial charge in [0.2, 0.25) is 5.91 Å². The van der Waals surface area contributed by atoms with Crippen molar-refractivity contribution in [3.63, 3.8) is 0 Å². The molecule has 1 N–H and O–H groups in total. The molecule has 0 aliphatic heterocycles. The Labute approximate surface area is 220 Å². The molecule has 1 heterocycles. The molecule has 0 unspecified atom stereocenters. The minimum atomic E-state index is -4.13. The van der Waals surface area contributed by atoms with Crippen LogP contribution in [0.4, 0.5) is 10.7 Å². The van der Waals surface area contributed by atoms with Crippen LogP contribution in [0.5, 0.6) is 11.5 Å². The van der Waals surface area contributed by atoms with E-state index in [1.165, 1.54) is 50.9 Å². The van der Waals surface area contributed by atoms with Crippen LogP contribution in [0.2, 0.25) is 0 Å². The zero-order chi connectivity index (χ0) is 26.6. The molecule has 1 aliphatic carbocycles. The lowest BCUT2D eigenvalue weighted by molar-refractivity contribution is -0.114. The number of carbonyl (C=O) groups excluding carboxylic acids is 2. The van der Waals surface area contributed by atoms with Gasteiger partial charge in [0.1, 0.15) is 11.5 Å². The van der Waals surface area contributed by atoms with Crippen LogP contribution >= 0.6 is 11.3 Å². The number of nitrogens with zero attached hydrogens (tertiary/aromatic N) is 1. The van der Waals surface area contributed by atoms with Crippen LogP contribution < -0.4 is 19.1 Å². The molecule has 0 atom stereocenters. The van der Waals surface area contributed by atoms with E-state index in [-0.39, 0.29) is 10.6 Å². The number of esters is 1. The molecular formula is C26H28N2O7S2. The minimum Gasteiger partial charge on any atom is -0.493 e. The van der Waals surface area contributed by atoms with Gasteiger partial charge in [0.05, 0.1) is 37.5 Å². The lowest BCUT2D eigenvalue weighted by Crippen LogP contribution is -2.38. The smallest absolute Gasteiger partial charge is 0.341 e. The molecule has 1 aliphatic rings. The Hall–Kier alpha value is -3.57. The molecular weight excluding hydrogens is 516 g/mol. The SMILES string of the molecule is COC(=O)c1c(NC(=O)CN(c2ccc(OC)c(OC)c2)S(=O)(=O)c2ccccc2)sc2c1CCCC2. The summed E-state index contributed by atoms with van der Waals surface area (Å²) < 4.78 is 43.9. The first-order chi connectivity index (χ1) is 17.8. The zero-order valence-electron chi connectivity index (χ0n) is 20.8. The number of ether oxygens (including phenoxy) is 3. The third kappa shape index (κ3) is 5.42. The first-order valence-electron chi connectivity index (χ1n) is 11.6. The van der Waals surface area contributed by atoms with E-state index in [1.807, 2.05) is 0 Å². The van der Waals surface area contributed by atoms with E-state index in [1.54, 1.807) is 30.3 Å². The van der Waals surface area contributed by atoms with Crippen molar-refractivity contribution in [3.8, 4) is 11.5 Å². The van der Waals surface area contributed by atoms with Crippen LogP contribution in [0.15, 0.2) is 53.4 Å². The van der Waals surface area contributed by atoms with Gasteiger partial charge < -0.3 is 19.5 Å². The summed E-state index contributed by atoms with van der Waals surface area (Å²) in [6.07, 6.45) is 3.50. The Kier molecular flexibility index (Phi) is 8.03. The molecule has 3 aromatic rings. The van der Waals surface area contributed by atoms with Crippen LogP contribution in [-0.2, 0) is 32.4 Å². The van der Waals surface area contributed by atoms with Gasteiger partial charge in [0.15, 0.2) is 11.5 Å². The van der Waals surface area contributed by atoms with Crippen LogP contribution in [0.25, 0.3) is 0 Å². The van der Waals surface area contributed by atoms with Gasteiger partial charge in [-0.3, -0.25) is 9.10 Å². The lowest BCUT2D eigenvalue weighted by Gasteiger charge is -2.25. The second-order valence-electron chi connectivity index (χ2n) is 8.32. The summed E-state index contributed by atoms with van der Waals surface area (Å²) in [5.41, 5.74) is 1.46. The largest absolute Gasteiger partial charge is 0.493 e. The summed E-state index contributed by atoms with van der Waals surface area (Å²) in [6, 6.07) is 12.5. The normalized spacial score (nSPS) is 12.8. The predicted octanol–water partition coefficient (Wildman–Crippen LogP) is 4.26. The fourth-order valence-electron chi connectivity index (χ4n) is 4.28. The highest BCUT2D eigenvalue weighted by atomic mass is 32.2. The maximum atomic E-state index is 13.7. The second-order valence-corrected chi connectivity index (χ2v) is 11.3. The minimum absolute atomic E-state index is 0.0272. The summed E-state index contributed by atoms with van der Waals surface area (Å²) >= 11 is 1.33. The molecule has 0 saturated heterocycles. The molecule has 0 radical (unpaired) electrons. The lowest BCUT2D eigenvalue weighted by atomic mass is 9.95. The zero-order valence-corrected chi connectivity index (χ0v) is 22.4. The van der Waals surface area contributed by atoms with E-state index >= 15 is 0 Å². The Bertz CT molecular complexity index is 1400. The van der Waals surface area contributed by atoms with Gasteiger partial charge in [-0.25, -0.2) is 13.2 Å². The number of hydrogen-bond acceptors (Lipinski definition) is 8. The average molecular weight is 545 g/mol. The average Bonchev–Trinajstić information content (AvgIpc) is 3.28. The van der Waals surface area contributed by atoms with Crippen LogP contribution in [0.3, 0.4) is 0 Å². The number of benzene rings is 2. The van der Waals surface area contributed by atoms with Crippen molar-refractivity contribution in [1.29, 1.82) is 0 Å². The highest BCUT2D eigenvalue weighted by Gasteiger charge is 2.30. The fourth-order valence-corrected chi connectivity index (χ4v) is 7.01. The third-order valence-corrected chi connectivity index (χ3v) is 9.08. The van der Waals surface area contributed by atoms with Crippen molar-refractivity contribution >= 4 is 43.9 Å². The first kappa shape index (κ1) is 26.5. The monoisotopic (exact) mass is 544 g/mol. The van der Waals surface area contributed by atoms with Crippen LogP contribution in [-0.4, -0.2) is 48.2 Å². The molecule has 0 bridgehead atoms. The van der Waals surface area contributed by atoms with Gasteiger partial charge in [-0.1, -0.05) is 18.2 Å². The molecule has 0 spiro atoms. The van der Waals surface area contributed by atoms with Gasteiger partial charge in [-0.05, 0) is 55.5 Å². The van der Waals surface area contributed by atoms with E-state index in [4.69, 9.17) is 14.2 Å². The molecule has 37 heavy (non-hydrogen) atoms. The predicted molar refractivity (Wildman–Crippen MR) is 141 cm³/mol. The number of fused-ring (bicyclic) bond motifs is 1. The third-order valence-electron chi connectivity index (χ3n) is 6.09. The van der Waals surface area contributed by atoms with Gasteiger partial charge in [-0.15, -0.1) is 11.3 Å². The Balaban J connectivity index is 1.71. The van der Waals surface area contributed by atoms with E-state index in [2.05, 4.69) is 5.32 Å². The van der Waals surface area contributed by atoms with E-state index in [0.29, 0.717) is 22.1 Å². The summed E-state index contributed by atoms with van der Waals surface area (Å²) in [6.45, 7) is -0.532. The molecule has 11 heteroatoms. The van der Waals surface area contributed by atoms with Gasteiger partial charge in [0, 0.05) is 10.9 Å². The Morgan fingerprint density at radius 2 is 1.68 bits per heavy atom. The fraction of sp³-hybridized carbons (Fsp3) is 0.308. The highest BCUT2D eigenvalue weighted by Crippen LogP contribution is 2.39. The van der Waals surface area contributed by atoms with Crippen LogP contribution in [0.1, 0.15) is 33.6 Å². The summed E-state index contributed by atoms with van der Waals surface area (Å²) in [4.78, 5) is 26.9. The molecule has 196 valence electrons. The number of sulfonamides is 1.